The molecule has 1 atom stereocenters. The van der Waals surface area contributed by atoms with E-state index in [1.54, 1.807) is 30.3 Å². The first-order chi connectivity index (χ1) is 19.5. The van der Waals surface area contributed by atoms with Gasteiger partial charge in [-0.15, -0.1) is 0 Å². The standard InChI is InChI=1S/C31H39N3O6S/c1-7-27(31(36)32-22(2)3)33(20-24-14-12-11-13-23(24)4)30(35)21-34(41(37,38)26-15-9-8-10-16-26)28-19-25(39-5)17-18-29(28)40-6/h8-19,22,27H,7,20-21H2,1-6H3,(H,32,36). The van der Waals surface area contributed by atoms with Crippen molar-refractivity contribution in [2.45, 2.75) is 57.6 Å². The molecule has 0 radical (unpaired) electrons. The molecule has 2 amide bonds. The number of sulfonamides is 1. The number of hydrogen-bond acceptors (Lipinski definition) is 6. The molecule has 41 heavy (non-hydrogen) atoms. The zero-order chi connectivity index (χ0) is 30.2. The number of carbonyl (C=O) groups is 2. The summed E-state index contributed by atoms with van der Waals surface area (Å²) < 4.78 is 40.0. The van der Waals surface area contributed by atoms with Gasteiger partial charge in [0.1, 0.15) is 24.1 Å². The van der Waals surface area contributed by atoms with Crippen LogP contribution in [0.2, 0.25) is 0 Å². The summed E-state index contributed by atoms with van der Waals surface area (Å²) in [6.45, 7) is 7.01. The first-order valence-electron chi connectivity index (χ1n) is 13.5. The summed E-state index contributed by atoms with van der Waals surface area (Å²) in [7, 11) is -1.35. The minimum atomic E-state index is -4.24. The minimum absolute atomic E-state index is 0.00715. The van der Waals surface area contributed by atoms with E-state index in [1.165, 1.54) is 37.3 Å². The predicted molar refractivity (Wildman–Crippen MR) is 160 cm³/mol. The Morgan fingerprint density at radius 2 is 1.59 bits per heavy atom. The van der Waals surface area contributed by atoms with E-state index >= 15 is 0 Å². The zero-order valence-electron chi connectivity index (χ0n) is 24.5. The summed E-state index contributed by atoms with van der Waals surface area (Å²) in [4.78, 5) is 29.0. The fraction of sp³-hybridized carbons (Fsp3) is 0.355. The number of anilines is 1. The van der Waals surface area contributed by atoms with Gasteiger partial charge in [-0.1, -0.05) is 49.4 Å². The molecule has 220 valence electrons. The predicted octanol–water partition coefficient (Wildman–Crippen LogP) is 4.54. The average Bonchev–Trinajstić information content (AvgIpc) is 2.96. The molecule has 1 unspecified atom stereocenters. The van der Waals surface area contributed by atoms with Crippen molar-refractivity contribution in [1.29, 1.82) is 0 Å². The molecule has 9 nitrogen and oxygen atoms in total. The van der Waals surface area contributed by atoms with Crippen molar-refractivity contribution in [2.24, 2.45) is 0 Å². The molecule has 3 rings (SSSR count). The number of methoxy groups -OCH3 is 2. The number of nitrogens with zero attached hydrogens (tertiary/aromatic N) is 2. The molecule has 0 saturated carbocycles. The maximum Gasteiger partial charge on any atom is 0.264 e. The van der Waals surface area contributed by atoms with Gasteiger partial charge in [-0.25, -0.2) is 8.42 Å². The van der Waals surface area contributed by atoms with Crippen LogP contribution in [0, 0.1) is 6.92 Å². The van der Waals surface area contributed by atoms with Crippen molar-refractivity contribution in [1.82, 2.24) is 10.2 Å². The highest BCUT2D eigenvalue weighted by atomic mass is 32.2. The quantitative estimate of drug-likeness (QED) is 0.318. The van der Waals surface area contributed by atoms with Gasteiger partial charge in [-0.05, 0) is 62.6 Å². The number of nitrogens with one attached hydrogen (secondary N) is 1. The summed E-state index contributed by atoms with van der Waals surface area (Å²) in [5.41, 5.74) is 1.94. The highest BCUT2D eigenvalue weighted by Crippen LogP contribution is 2.36. The number of carbonyl (C=O) groups excluding carboxylic acids is 2. The summed E-state index contributed by atoms with van der Waals surface area (Å²) in [5.74, 6) is -0.210. The number of ether oxygens (including phenoxy) is 2. The summed E-state index contributed by atoms with van der Waals surface area (Å²) >= 11 is 0. The van der Waals surface area contributed by atoms with Crippen molar-refractivity contribution in [2.75, 3.05) is 25.1 Å². The van der Waals surface area contributed by atoms with Crippen LogP contribution in [-0.2, 0) is 26.2 Å². The van der Waals surface area contributed by atoms with Crippen LogP contribution in [0.3, 0.4) is 0 Å². The SMILES string of the molecule is CCC(C(=O)NC(C)C)N(Cc1ccccc1C)C(=O)CN(c1cc(OC)ccc1OC)S(=O)(=O)c1ccccc1. The maximum absolute atomic E-state index is 14.2. The smallest absolute Gasteiger partial charge is 0.264 e. The molecule has 0 aliphatic carbocycles. The molecule has 1 N–H and O–H groups in total. The summed E-state index contributed by atoms with van der Waals surface area (Å²) in [6, 6.07) is 19.3. The number of benzene rings is 3. The third-order valence-electron chi connectivity index (χ3n) is 6.68. The summed E-state index contributed by atoms with van der Waals surface area (Å²) in [6.07, 6.45) is 0.337. The zero-order valence-corrected chi connectivity index (χ0v) is 25.3. The van der Waals surface area contributed by atoms with E-state index in [9.17, 15) is 18.0 Å². The van der Waals surface area contributed by atoms with Crippen molar-refractivity contribution >= 4 is 27.5 Å². The van der Waals surface area contributed by atoms with E-state index in [0.29, 0.717) is 12.2 Å². The topological polar surface area (TPSA) is 105 Å². The Bertz CT molecular complexity index is 1440. The fourth-order valence-electron chi connectivity index (χ4n) is 4.50. The third kappa shape index (κ3) is 7.58. The number of rotatable bonds is 13. The molecule has 0 heterocycles. The highest BCUT2D eigenvalue weighted by molar-refractivity contribution is 7.92. The first-order valence-corrected chi connectivity index (χ1v) is 14.9. The lowest BCUT2D eigenvalue weighted by Crippen LogP contribution is -2.53. The van der Waals surface area contributed by atoms with Crippen LogP contribution in [0.25, 0.3) is 0 Å². The van der Waals surface area contributed by atoms with Crippen molar-refractivity contribution in [3.05, 3.63) is 83.9 Å². The second-order valence-electron chi connectivity index (χ2n) is 9.90. The Kier molecular flexibility index (Phi) is 10.8. The molecule has 0 aromatic heterocycles. The van der Waals surface area contributed by atoms with Gasteiger partial charge in [0.15, 0.2) is 0 Å². The Labute approximate surface area is 243 Å². The minimum Gasteiger partial charge on any atom is -0.497 e. The molecule has 0 fully saturated rings. The van der Waals surface area contributed by atoms with Crippen molar-refractivity contribution in [3.8, 4) is 11.5 Å². The monoisotopic (exact) mass is 581 g/mol. The Morgan fingerprint density at radius 1 is 0.927 bits per heavy atom. The molecule has 0 bridgehead atoms. The molecule has 10 heteroatoms. The molecule has 3 aromatic carbocycles. The van der Waals surface area contributed by atoms with E-state index in [0.717, 1.165) is 15.4 Å². The summed E-state index contributed by atoms with van der Waals surface area (Å²) in [5, 5.41) is 2.90. The van der Waals surface area contributed by atoms with E-state index < -0.39 is 28.5 Å². The number of amides is 2. The Balaban J connectivity index is 2.15. The van der Waals surface area contributed by atoms with Crippen LogP contribution in [0.4, 0.5) is 5.69 Å². The van der Waals surface area contributed by atoms with Gasteiger partial charge in [-0.2, -0.15) is 0 Å². The van der Waals surface area contributed by atoms with Crippen LogP contribution in [0.15, 0.2) is 77.7 Å². The van der Waals surface area contributed by atoms with E-state index in [1.807, 2.05) is 52.0 Å². The van der Waals surface area contributed by atoms with E-state index in [2.05, 4.69) is 5.32 Å². The van der Waals surface area contributed by atoms with Crippen LogP contribution in [0.1, 0.15) is 38.3 Å². The Hall–Kier alpha value is -4.05. The molecular weight excluding hydrogens is 542 g/mol. The normalized spacial score (nSPS) is 12.0. The maximum atomic E-state index is 14.2. The van der Waals surface area contributed by atoms with Crippen LogP contribution in [0.5, 0.6) is 11.5 Å². The highest BCUT2D eigenvalue weighted by Gasteiger charge is 2.35. The molecule has 0 aliphatic heterocycles. The second-order valence-corrected chi connectivity index (χ2v) is 11.8. The lowest BCUT2D eigenvalue weighted by molar-refractivity contribution is -0.140. The van der Waals surface area contributed by atoms with Crippen LogP contribution in [-0.4, -0.2) is 58.0 Å². The van der Waals surface area contributed by atoms with Crippen LogP contribution < -0.4 is 19.1 Å². The Morgan fingerprint density at radius 3 is 2.17 bits per heavy atom. The van der Waals surface area contributed by atoms with Gasteiger partial charge in [0.25, 0.3) is 10.0 Å². The van der Waals surface area contributed by atoms with Crippen molar-refractivity contribution < 1.29 is 27.5 Å². The lowest BCUT2D eigenvalue weighted by Gasteiger charge is -2.34. The van der Waals surface area contributed by atoms with Gasteiger partial charge in [0, 0.05) is 18.7 Å². The molecule has 0 aliphatic rings. The lowest BCUT2D eigenvalue weighted by atomic mass is 10.1. The van der Waals surface area contributed by atoms with Gasteiger partial charge in [0.05, 0.1) is 24.8 Å². The van der Waals surface area contributed by atoms with Gasteiger partial charge >= 0.3 is 0 Å². The molecule has 3 aromatic rings. The van der Waals surface area contributed by atoms with E-state index in [4.69, 9.17) is 9.47 Å². The van der Waals surface area contributed by atoms with E-state index in [-0.39, 0.29) is 34.8 Å². The number of hydrogen-bond donors (Lipinski definition) is 1. The van der Waals surface area contributed by atoms with Crippen LogP contribution >= 0.6 is 0 Å². The fourth-order valence-corrected chi connectivity index (χ4v) is 5.93. The van der Waals surface area contributed by atoms with Gasteiger partial charge < -0.3 is 19.7 Å². The second kappa shape index (κ2) is 14.0. The average molecular weight is 582 g/mol. The number of aryl methyl sites for hydroxylation is 1. The first kappa shape index (κ1) is 31.5. The van der Waals surface area contributed by atoms with Gasteiger partial charge in [-0.3, -0.25) is 13.9 Å². The molecule has 0 saturated heterocycles. The molecular formula is C31H39N3O6S. The van der Waals surface area contributed by atoms with Gasteiger partial charge in [0.2, 0.25) is 11.8 Å². The largest absolute Gasteiger partial charge is 0.497 e. The third-order valence-corrected chi connectivity index (χ3v) is 8.46. The molecule has 0 spiro atoms. The van der Waals surface area contributed by atoms with Crippen molar-refractivity contribution in [3.63, 3.8) is 0 Å².